The van der Waals surface area contributed by atoms with Gasteiger partial charge < -0.3 is 10.6 Å². The van der Waals surface area contributed by atoms with E-state index < -0.39 is 0 Å². The summed E-state index contributed by atoms with van der Waals surface area (Å²) in [5.74, 6) is -0.158. The van der Waals surface area contributed by atoms with E-state index in [0.29, 0.717) is 6.04 Å². The molecule has 1 fully saturated rings. The molecule has 1 aromatic carbocycles. The quantitative estimate of drug-likeness (QED) is 0.739. The first-order valence-electron chi connectivity index (χ1n) is 6.53. The summed E-state index contributed by atoms with van der Waals surface area (Å²) < 4.78 is 12.7. The minimum Gasteiger partial charge on any atom is -0.316 e. The summed E-state index contributed by atoms with van der Waals surface area (Å²) in [6.45, 7) is 3.22. The number of hydrogen-bond donors (Lipinski definition) is 2. The summed E-state index contributed by atoms with van der Waals surface area (Å²) in [5.41, 5.74) is 1.19. The van der Waals surface area contributed by atoms with Crippen LogP contribution >= 0.6 is 0 Å². The molecule has 17 heavy (non-hydrogen) atoms. The molecule has 0 aromatic heterocycles. The van der Waals surface area contributed by atoms with E-state index in [1.54, 1.807) is 0 Å². The fourth-order valence-electron chi connectivity index (χ4n) is 2.29. The van der Waals surface area contributed by atoms with E-state index in [0.717, 1.165) is 19.5 Å². The van der Waals surface area contributed by atoms with Crippen LogP contribution in [0, 0.1) is 5.82 Å². The second kappa shape index (κ2) is 6.72. The molecule has 1 aliphatic heterocycles. The summed E-state index contributed by atoms with van der Waals surface area (Å²) in [7, 11) is 0. The minimum atomic E-state index is -0.158. The highest BCUT2D eigenvalue weighted by Crippen LogP contribution is 2.07. The molecule has 3 heteroatoms. The smallest absolute Gasteiger partial charge is 0.123 e. The molecule has 0 radical (unpaired) electrons. The molecule has 1 aliphatic rings. The van der Waals surface area contributed by atoms with Crippen molar-refractivity contribution in [2.45, 2.75) is 31.7 Å². The molecule has 0 aliphatic carbocycles. The number of benzene rings is 1. The Hall–Kier alpha value is -0.930. The Balaban J connectivity index is 1.55. The van der Waals surface area contributed by atoms with Crippen molar-refractivity contribution in [2.24, 2.45) is 0 Å². The maximum atomic E-state index is 12.7. The summed E-state index contributed by atoms with van der Waals surface area (Å²) in [4.78, 5) is 0. The normalized spacial score (nSPS) is 19.7. The van der Waals surface area contributed by atoms with Crippen LogP contribution in [-0.4, -0.2) is 25.7 Å². The topological polar surface area (TPSA) is 24.1 Å². The fourth-order valence-corrected chi connectivity index (χ4v) is 2.29. The fraction of sp³-hybridized carbons (Fsp3) is 0.571. The van der Waals surface area contributed by atoms with Gasteiger partial charge >= 0.3 is 0 Å². The van der Waals surface area contributed by atoms with Gasteiger partial charge in [0.2, 0.25) is 0 Å². The monoisotopic (exact) mass is 236 g/mol. The molecule has 1 atom stereocenters. The van der Waals surface area contributed by atoms with Gasteiger partial charge in [-0.15, -0.1) is 0 Å². The predicted molar refractivity (Wildman–Crippen MR) is 68.6 cm³/mol. The first-order valence-corrected chi connectivity index (χ1v) is 6.53. The lowest BCUT2D eigenvalue weighted by molar-refractivity contribution is 0.525. The Bertz CT molecular complexity index is 317. The summed E-state index contributed by atoms with van der Waals surface area (Å²) in [6.07, 6.45) is 4.82. The number of hydrogen-bond acceptors (Lipinski definition) is 2. The van der Waals surface area contributed by atoms with Gasteiger partial charge in [0.15, 0.2) is 0 Å². The zero-order chi connectivity index (χ0) is 11.9. The lowest BCUT2D eigenvalue weighted by atomic mass is 10.1. The third-order valence-electron chi connectivity index (χ3n) is 3.34. The molecule has 0 amide bonds. The SMILES string of the molecule is Fc1ccc(CCNCCC2CCCN2)cc1. The van der Waals surface area contributed by atoms with Gasteiger partial charge in [-0.05, 0) is 63.0 Å². The zero-order valence-electron chi connectivity index (χ0n) is 10.2. The largest absolute Gasteiger partial charge is 0.316 e. The molecule has 2 nitrogen and oxygen atoms in total. The van der Waals surface area contributed by atoms with Crippen molar-refractivity contribution >= 4 is 0 Å². The second-order valence-electron chi connectivity index (χ2n) is 4.71. The van der Waals surface area contributed by atoms with Crippen LogP contribution < -0.4 is 10.6 Å². The standard InChI is InChI=1S/C14H21FN2/c15-13-5-3-12(4-6-13)7-10-16-11-8-14-2-1-9-17-14/h3-6,14,16-17H,1-2,7-11H2. The zero-order valence-corrected chi connectivity index (χ0v) is 10.2. The van der Waals surface area contributed by atoms with E-state index in [2.05, 4.69) is 10.6 Å². The van der Waals surface area contributed by atoms with Gasteiger partial charge in [-0.2, -0.15) is 0 Å². The Morgan fingerprint density at radius 1 is 1.24 bits per heavy atom. The molecule has 2 N–H and O–H groups in total. The van der Waals surface area contributed by atoms with Crippen LogP contribution in [0.4, 0.5) is 4.39 Å². The Morgan fingerprint density at radius 3 is 2.76 bits per heavy atom. The Labute approximate surface area is 103 Å². The molecule has 0 spiro atoms. The first kappa shape index (κ1) is 12.5. The third-order valence-corrected chi connectivity index (χ3v) is 3.34. The van der Waals surface area contributed by atoms with Gasteiger partial charge in [-0.1, -0.05) is 12.1 Å². The van der Waals surface area contributed by atoms with Gasteiger partial charge in [0.05, 0.1) is 0 Å². The molecule has 1 saturated heterocycles. The van der Waals surface area contributed by atoms with E-state index in [9.17, 15) is 4.39 Å². The molecule has 94 valence electrons. The molecule has 2 rings (SSSR count). The second-order valence-corrected chi connectivity index (χ2v) is 4.71. The summed E-state index contributed by atoms with van der Waals surface area (Å²) in [6, 6.07) is 7.48. The Kier molecular flexibility index (Phi) is 4.95. The van der Waals surface area contributed by atoms with Gasteiger partial charge in [-0.3, -0.25) is 0 Å². The van der Waals surface area contributed by atoms with E-state index in [1.807, 2.05) is 12.1 Å². The minimum absolute atomic E-state index is 0.158. The molecular formula is C14H21FN2. The number of halogens is 1. The third kappa shape index (κ3) is 4.44. The molecule has 0 bridgehead atoms. The van der Waals surface area contributed by atoms with Crippen molar-refractivity contribution < 1.29 is 4.39 Å². The number of rotatable bonds is 6. The van der Waals surface area contributed by atoms with E-state index in [1.165, 1.54) is 43.5 Å². The maximum Gasteiger partial charge on any atom is 0.123 e. The van der Waals surface area contributed by atoms with Gasteiger partial charge in [0, 0.05) is 6.04 Å². The highest BCUT2D eigenvalue weighted by atomic mass is 19.1. The van der Waals surface area contributed by atoms with E-state index in [-0.39, 0.29) is 5.82 Å². The van der Waals surface area contributed by atoms with Crippen molar-refractivity contribution in [3.8, 4) is 0 Å². The molecular weight excluding hydrogens is 215 g/mol. The highest BCUT2D eigenvalue weighted by molar-refractivity contribution is 5.16. The van der Waals surface area contributed by atoms with E-state index in [4.69, 9.17) is 0 Å². The van der Waals surface area contributed by atoms with Crippen molar-refractivity contribution in [1.29, 1.82) is 0 Å². The van der Waals surface area contributed by atoms with Crippen molar-refractivity contribution in [2.75, 3.05) is 19.6 Å². The van der Waals surface area contributed by atoms with Crippen molar-refractivity contribution in [1.82, 2.24) is 10.6 Å². The van der Waals surface area contributed by atoms with Crippen LogP contribution in [0.2, 0.25) is 0 Å². The molecule has 1 unspecified atom stereocenters. The summed E-state index contributed by atoms with van der Waals surface area (Å²) >= 11 is 0. The van der Waals surface area contributed by atoms with Crippen LogP contribution in [0.25, 0.3) is 0 Å². The van der Waals surface area contributed by atoms with Gasteiger partial charge in [-0.25, -0.2) is 4.39 Å². The average Bonchev–Trinajstić information content (AvgIpc) is 2.84. The lowest BCUT2D eigenvalue weighted by Gasteiger charge is -2.10. The van der Waals surface area contributed by atoms with Crippen LogP contribution in [0.5, 0.6) is 0 Å². The van der Waals surface area contributed by atoms with E-state index >= 15 is 0 Å². The highest BCUT2D eigenvalue weighted by Gasteiger charge is 2.12. The lowest BCUT2D eigenvalue weighted by Crippen LogP contribution is -2.28. The Morgan fingerprint density at radius 2 is 2.06 bits per heavy atom. The summed E-state index contributed by atoms with van der Waals surface area (Å²) in [5, 5.41) is 6.93. The van der Waals surface area contributed by atoms with Crippen LogP contribution in [0.1, 0.15) is 24.8 Å². The molecule has 1 heterocycles. The van der Waals surface area contributed by atoms with Crippen LogP contribution in [0.15, 0.2) is 24.3 Å². The molecule has 1 aromatic rings. The predicted octanol–water partition coefficient (Wildman–Crippen LogP) is 2.10. The van der Waals surface area contributed by atoms with Crippen molar-refractivity contribution in [3.05, 3.63) is 35.6 Å². The van der Waals surface area contributed by atoms with Crippen molar-refractivity contribution in [3.63, 3.8) is 0 Å². The first-order chi connectivity index (χ1) is 8.34. The molecule has 0 saturated carbocycles. The van der Waals surface area contributed by atoms with Crippen LogP contribution in [-0.2, 0) is 6.42 Å². The van der Waals surface area contributed by atoms with Gasteiger partial charge in [0.1, 0.15) is 5.82 Å². The van der Waals surface area contributed by atoms with Crippen LogP contribution in [0.3, 0.4) is 0 Å². The maximum absolute atomic E-state index is 12.7. The average molecular weight is 236 g/mol. The number of nitrogens with one attached hydrogen (secondary N) is 2. The van der Waals surface area contributed by atoms with Gasteiger partial charge in [0.25, 0.3) is 0 Å².